The third-order valence-corrected chi connectivity index (χ3v) is 6.43. The van der Waals surface area contributed by atoms with Crippen molar-refractivity contribution in [2.45, 2.75) is 19.9 Å². The zero-order chi connectivity index (χ0) is 24.3. The molecule has 2 aliphatic rings. The van der Waals surface area contributed by atoms with Crippen LogP contribution in [0.2, 0.25) is 0 Å². The van der Waals surface area contributed by atoms with Gasteiger partial charge in [-0.15, -0.1) is 0 Å². The number of fused-ring (bicyclic) bond motifs is 3. The van der Waals surface area contributed by atoms with Gasteiger partial charge in [0.2, 0.25) is 5.91 Å². The molecule has 4 aromatic heterocycles. The van der Waals surface area contributed by atoms with Gasteiger partial charge < -0.3 is 16.4 Å². The smallest absolute Gasteiger partial charge is 0.241 e. The first kappa shape index (κ1) is 20.9. The van der Waals surface area contributed by atoms with Crippen LogP contribution in [0, 0.1) is 6.92 Å². The summed E-state index contributed by atoms with van der Waals surface area (Å²) in [5.41, 5.74) is 15.8. The number of aromatic nitrogens is 5. The Bertz CT molecular complexity index is 1540. The minimum Gasteiger partial charge on any atom is -0.383 e. The summed E-state index contributed by atoms with van der Waals surface area (Å²) in [7, 11) is 1.91. The van der Waals surface area contributed by atoms with Crippen LogP contribution in [0.5, 0.6) is 0 Å². The fraction of sp³-hybridized carbons (Fsp3) is 0.208. The number of hydrogen-bond donors (Lipinski definition) is 4. The summed E-state index contributed by atoms with van der Waals surface area (Å²) < 4.78 is 1.72. The van der Waals surface area contributed by atoms with Crippen LogP contribution in [0.1, 0.15) is 17.0 Å². The van der Waals surface area contributed by atoms with E-state index in [1.54, 1.807) is 10.9 Å². The molecule has 6 rings (SSSR count). The molecule has 0 aromatic carbocycles. The molecule has 0 saturated heterocycles. The van der Waals surface area contributed by atoms with Gasteiger partial charge in [0.25, 0.3) is 0 Å². The molecule has 0 spiro atoms. The highest BCUT2D eigenvalue weighted by molar-refractivity contribution is 5.95. The Hall–Kier alpha value is -4.67. The average Bonchev–Trinajstić information content (AvgIpc) is 3.27. The van der Waals surface area contributed by atoms with E-state index in [0.717, 1.165) is 56.8 Å². The minimum absolute atomic E-state index is 0.0415. The molecule has 0 radical (unpaired) electrons. The number of nitrogens with zero attached hydrogens (tertiary/aromatic N) is 6. The second-order valence-corrected chi connectivity index (χ2v) is 8.72. The summed E-state index contributed by atoms with van der Waals surface area (Å²) in [6, 6.07) is 5.84. The molecule has 6 heterocycles. The first-order chi connectivity index (χ1) is 16.9. The first-order valence-corrected chi connectivity index (χ1v) is 11.2. The largest absolute Gasteiger partial charge is 0.383 e. The van der Waals surface area contributed by atoms with Crippen molar-refractivity contribution in [1.82, 2.24) is 35.1 Å². The number of rotatable bonds is 3. The maximum Gasteiger partial charge on any atom is 0.241 e. The number of amides is 1. The van der Waals surface area contributed by atoms with Crippen LogP contribution in [0.25, 0.3) is 27.7 Å². The van der Waals surface area contributed by atoms with Gasteiger partial charge in [0.1, 0.15) is 23.9 Å². The molecular formula is C24H24N10O. The number of nitrogens with one attached hydrogen (secondary N) is 3. The molecule has 0 aliphatic carbocycles. The predicted octanol–water partition coefficient (Wildman–Crippen LogP) is 2.44. The van der Waals surface area contributed by atoms with Crippen molar-refractivity contribution in [1.29, 1.82) is 0 Å². The van der Waals surface area contributed by atoms with E-state index in [4.69, 9.17) is 5.73 Å². The summed E-state index contributed by atoms with van der Waals surface area (Å²) in [5.74, 6) is 1.61. The van der Waals surface area contributed by atoms with E-state index in [2.05, 4.69) is 42.7 Å². The third-order valence-electron chi connectivity index (χ3n) is 6.43. The lowest BCUT2D eigenvalue weighted by molar-refractivity contribution is -0.121. The second-order valence-electron chi connectivity index (χ2n) is 8.72. The van der Waals surface area contributed by atoms with Crippen molar-refractivity contribution in [2.75, 3.05) is 30.1 Å². The molecule has 176 valence electrons. The molecule has 11 heteroatoms. The molecule has 2 aliphatic heterocycles. The monoisotopic (exact) mass is 468 g/mol. The van der Waals surface area contributed by atoms with Gasteiger partial charge in [0.15, 0.2) is 5.82 Å². The van der Waals surface area contributed by atoms with Crippen molar-refractivity contribution in [3.05, 3.63) is 54.1 Å². The van der Waals surface area contributed by atoms with Gasteiger partial charge in [-0.1, -0.05) is 6.58 Å². The summed E-state index contributed by atoms with van der Waals surface area (Å²) in [6.45, 7) is 6.91. The van der Waals surface area contributed by atoms with Gasteiger partial charge in [0.05, 0.1) is 17.1 Å². The van der Waals surface area contributed by atoms with Crippen molar-refractivity contribution >= 4 is 45.5 Å². The standard InChI is InChI=1S/C24H24N10O/c1-12-16(9-28-23-13(2)33(3)32-22(12)23)18-6-14-7-19(27-10-17(14)24(25)29-18)30-20-8-15-4-5-26-21(35)11-34(15)31-20/h6-10,32H,2,4-5,11H2,1,3H3,(H2,25,29)(H,26,35)(H,27,30,31). The molecule has 4 aromatic rings. The summed E-state index contributed by atoms with van der Waals surface area (Å²) in [5, 5.41) is 14.1. The van der Waals surface area contributed by atoms with Gasteiger partial charge >= 0.3 is 0 Å². The normalized spacial score (nSPS) is 14.9. The van der Waals surface area contributed by atoms with Crippen LogP contribution in [0.15, 0.2) is 37.2 Å². The summed E-state index contributed by atoms with van der Waals surface area (Å²) in [6.07, 6.45) is 4.23. The molecular weight excluding hydrogens is 444 g/mol. The van der Waals surface area contributed by atoms with Gasteiger partial charge in [-0.05, 0) is 30.0 Å². The lowest BCUT2D eigenvalue weighted by Crippen LogP contribution is -2.25. The lowest BCUT2D eigenvalue weighted by atomic mass is 10.0. The van der Waals surface area contributed by atoms with Crippen LogP contribution in [-0.4, -0.2) is 49.2 Å². The number of nitrogen functional groups attached to an aromatic ring is 1. The number of carbonyl (C=O) groups is 1. The molecule has 0 bridgehead atoms. The quantitative estimate of drug-likeness (QED) is 0.357. The predicted molar refractivity (Wildman–Crippen MR) is 135 cm³/mol. The Labute approximate surface area is 201 Å². The van der Waals surface area contributed by atoms with Crippen molar-refractivity contribution < 1.29 is 4.79 Å². The molecule has 11 nitrogen and oxygen atoms in total. The second kappa shape index (κ2) is 7.69. The van der Waals surface area contributed by atoms with Crippen LogP contribution < -0.4 is 21.8 Å². The van der Waals surface area contributed by atoms with Crippen molar-refractivity contribution in [3.8, 4) is 11.3 Å². The maximum atomic E-state index is 11.8. The van der Waals surface area contributed by atoms with Crippen LogP contribution in [0.4, 0.5) is 23.1 Å². The fourth-order valence-corrected chi connectivity index (χ4v) is 4.50. The fourth-order valence-electron chi connectivity index (χ4n) is 4.50. The number of hydrogen-bond acceptors (Lipinski definition) is 9. The Morgan fingerprint density at radius 3 is 2.89 bits per heavy atom. The number of nitrogens with two attached hydrogens (primary N) is 1. The Morgan fingerprint density at radius 1 is 1.17 bits per heavy atom. The number of pyridine rings is 3. The van der Waals surface area contributed by atoms with E-state index in [0.29, 0.717) is 24.0 Å². The molecule has 0 saturated carbocycles. The topological polar surface area (TPSA) is 139 Å². The van der Waals surface area contributed by atoms with Gasteiger partial charge in [-0.2, -0.15) is 5.10 Å². The Balaban J connectivity index is 1.36. The number of hydrazine groups is 1. The maximum absolute atomic E-state index is 11.8. The Morgan fingerprint density at radius 2 is 2.03 bits per heavy atom. The van der Waals surface area contributed by atoms with Crippen LogP contribution >= 0.6 is 0 Å². The van der Waals surface area contributed by atoms with Crippen molar-refractivity contribution in [2.24, 2.45) is 0 Å². The van der Waals surface area contributed by atoms with Gasteiger partial charge in [-0.3, -0.25) is 24.9 Å². The molecule has 35 heavy (non-hydrogen) atoms. The average molecular weight is 469 g/mol. The highest BCUT2D eigenvalue weighted by Crippen LogP contribution is 2.38. The van der Waals surface area contributed by atoms with Gasteiger partial charge in [0, 0.05) is 55.1 Å². The first-order valence-electron chi connectivity index (χ1n) is 11.2. The zero-order valence-corrected chi connectivity index (χ0v) is 19.4. The summed E-state index contributed by atoms with van der Waals surface area (Å²) >= 11 is 0. The Kier molecular flexibility index (Phi) is 4.59. The molecule has 5 N–H and O–H groups in total. The summed E-state index contributed by atoms with van der Waals surface area (Å²) in [4.78, 5) is 25.5. The van der Waals surface area contributed by atoms with E-state index < -0.39 is 0 Å². The van der Waals surface area contributed by atoms with E-state index in [1.807, 2.05) is 43.4 Å². The zero-order valence-electron chi connectivity index (χ0n) is 19.4. The van der Waals surface area contributed by atoms with E-state index >= 15 is 0 Å². The van der Waals surface area contributed by atoms with E-state index in [1.165, 1.54) is 0 Å². The number of carbonyl (C=O) groups excluding carboxylic acids is 1. The van der Waals surface area contributed by atoms with E-state index in [9.17, 15) is 4.79 Å². The SMILES string of the molecule is C=C1c2ncc(-c3cc4cc(Nc5cc6n(n5)CC(=O)NCC6)ncc4c(N)n3)c(C)c2NN1C. The van der Waals surface area contributed by atoms with Gasteiger partial charge in [-0.25, -0.2) is 9.97 Å². The van der Waals surface area contributed by atoms with Crippen LogP contribution in [-0.2, 0) is 17.8 Å². The number of anilines is 4. The van der Waals surface area contributed by atoms with E-state index in [-0.39, 0.29) is 12.5 Å². The highest BCUT2D eigenvalue weighted by Gasteiger charge is 2.24. The lowest BCUT2D eigenvalue weighted by Gasteiger charge is -2.13. The van der Waals surface area contributed by atoms with Crippen LogP contribution in [0.3, 0.4) is 0 Å². The molecule has 0 atom stereocenters. The molecule has 0 unspecified atom stereocenters. The highest BCUT2D eigenvalue weighted by atomic mass is 16.2. The third kappa shape index (κ3) is 3.48. The van der Waals surface area contributed by atoms with Crippen molar-refractivity contribution in [3.63, 3.8) is 0 Å². The molecule has 1 amide bonds. The molecule has 0 fully saturated rings. The minimum atomic E-state index is -0.0415.